The summed E-state index contributed by atoms with van der Waals surface area (Å²) < 4.78 is 19.4. The third-order valence-electron chi connectivity index (χ3n) is 7.73. The number of aryl methyl sites for hydroxylation is 1. The Kier molecular flexibility index (Phi) is 8.36. The van der Waals surface area contributed by atoms with Crippen LogP contribution in [-0.4, -0.2) is 24.0 Å². The molecule has 1 fully saturated rings. The Morgan fingerprint density at radius 3 is 2.70 bits per heavy atom. The third-order valence-corrected chi connectivity index (χ3v) is 8.90. The molecule has 4 heterocycles. The van der Waals surface area contributed by atoms with Gasteiger partial charge in [-0.1, -0.05) is 19.8 Å². The fraction of sp³-hybridized carbons (Fsp3) is 0.387. The summed E-state index contributed by atoms with van der Waals surface area (Å²) in [4.78, 5) is 30.3. The minimum Gasteiger partial charge on any atom is -0.469 e. The minimum atomic E-state index is -0.300. The topological polar surface area (TPSA) is 102 Å². The number of hydrogen-bond acceptors (Lipinski definition) is 6. The Labute approximate surface area is 236 Å². The number of amides is 1. The lowest BCUT2D eigenvalue weighted by Gasteiger charge is -2.23. The zero-order valence-electron chi connectivity index (χ0n) is 22.8. The number of benzene rings is 1. The second-order valence-electron chi connectivity index (χ2n) is 10.6. The molecule has 0 bridgehead atoms. The van der Waals surface area contributed by atoms with Gasteiger partial charge in [0.2, 0.25) is 0 Å². The lowest BCUT2D eigenvalue weighted by Crippen LogP contribution is -2.25. The SMILES string of the molecule is Cc1occc1C(=O)Nc1sc2c(c1C#N)CCC(C)C2.O=c1cc[nH]c2cc(N3CCCCCC3)c(F)cc12. The van der Waals surface area contributed by atoms with Crippen LogP contribution >= 0.6 is 11.3 Å². The van der Waals surface area contributed by atoms with Crippen LogP contribution in [0.3, 0.4) is 0 Å². The molecule has 7 nitrogen and oxygen atoms in total. The molecule has 40 heavy (non-hydrogen) atoms. The number of rotatable bonds is 3. The van der Waals surface area contributed by atoms with E-state index in [1.807, 2.05) is 0 Å². The van der Waals surface area contributed by atoms with Gasteiger partial charge in [-0.05, 0) is 68.7 Å². The fourth-order valence-corrected chi connectivity index (χ4v) is 6.84. The molecule has 1 aliphatic carbocycles. The van der Waals surface area contributed by atoms with E-state index in [2.05, 4.69) is 28.2 Å². The van der Waals surface area contributed by atoms with Crippen LogP contribution in [0, 0.1) is 30.0 Å². The molecule has 1 aliphatic heterocycles. The number of nitriles is 1. The van der Waals surface area contributed by atoms with Gasteiger partial charge in [0.25, 0.3) is 5.91 Å². The number of H-pyrrole nitrogens is 1. The number of carbonyl (C=O) groups excluding carboxylic acids is 1. The number of fused-ring (bicyclic) bond motifs is 2. The van der Waals surface area contributed by atoms with Crippen LogP contribution in [0.15, 0.2) is 45.9 Å². The van der Waals surface area contributed by atoms with Gasteiger partial charge >= 0.3 is 0 Å². The predicted octanol–water partition coefficient (Wildman–Crippen LogP) is 6.95. The van der Waals surface area contributed by atoms with Crippen LogP contribution in [0.4, 0.5) is 15.1 Å². The van der Waals surface area contributed by atoms with E-state index in [4.69, 9.17) is 4.42 Å². The highest BCUT2D eigenvalue weighted by molar-refractivity contribution is 7.16. The molecule has 1 unspecified atom stereocenters. The van der Waals surface area contributed by atoms with Crippen molar-refractivity contribution in [2.45, 2.75) is 58.8 Å². The normalized spacial score (nSPS) is 16.9. The van der Waals surface area contributed by atoms with Gasteiger partial charge in [-0.3, -0.25) is 9.59 Å². The number of thiophene rings is 1. The van der Waals surface area contributed by atoms with Gasteiger partial charge in [0, 0.05) is 35.6 Å². The lowest BCUT2D eigenvalue weighted by molar-refractivity contribution is 0.102. The Morgan fingerprint density at radius 1 is 1.23 bits per heavy atom. The quantitative estimate of drug-likeness (QED) is 0.282. The molecule has 1 saturated heterocycles. The number of halogens is 1. The van der Waals surface area contributed by atoms with Gasteiger partial charge < -0.3 is 19.6 Å². The number of hydrogen-bond donors (Lipinski definition) is 2. The average molecular weight is 561 g/mol. The number of nitrogens with zero attached hydrogens (tertiary/aromatic N) is 2. The first kappa shape index (κ1) is 27.7. The highest BCUT2D eigenvalue weighted by Gasteiger charge is 2.25. The van der Waals surface area contributed by atoms with Gasteiger partial charge in [-0.15, -0.1) is 11.3 Å². The summed E-state index contributed by atoms with van der Waals surface area (Å²) >= 11 is 1.54. The van der Waals surface area contributed by atoms with E-state index in [1.165, 1.54) is 47.5 Å². The number of furan rings is 1. The molecular weight excluding hydrogens is 527 g/mol. The van der Waals surface area contributed by atoms with Gasteiger partial charge in [-0.25, -0.2) is 4.39 Å². The van der Waals surface area contributed by atoms with E-state index < -0.39 is 0 Å². The Morgan fingerprint density at radius 2 is 2.00 bits per heavy atom. The molecule has 1 atom stereocenters. The molecule has 0 radical (unpaired) electrons. The Balaban J connectivity index is 0.000000162. The second-order valence-corrected chi connectivity index (χ2v) is 11.7. The van der Waals surface area contributed by atoms with Gasteiger partial charge in [0.15, 0.2) is 5.43 Å². The number of carbonyl (C=O) groups is 1. The summed E-state index contributed by atoms with van der Waals surface area (Å²) in [6, 6.07) is 8.44. The molecule has 1 aromatic carbocycles. The largest absolute Gasteiger partial charge is 0.469 e. The Bertz CT molecular complexity index is 1620. The van der Waals surface area contributed by atoms with Crippen molar-refractivity contribution < 1.29 is 13.6 Å². The van der Waals surface area contributed by atoms with Crippen LogP contribution in [0.5, 0.6) is 0 Å². The first-order valence-electron chi connectivity index (χ1n) is 13.8. The van der Waals surface area contributed by atoms with Crippen molar-refractivity contribution in [3.63, 3.8) is 0 Å². The van der Waals surface area contributed by atoms with E-state index in [1.54, 1.807) is 25.3 Å². The zero-order valence-corrected chi connectivity index (χ0v) is 23.6. The highest BCUT2D eigenvalue weighted by atomic mass is 32.1. The number of aromatic nitrogens is 1. The number of aromatic amines is 1. The molecule has 9 heteroatoms. The molecular formula is C31H33FN4O3S. The van der Waals surface area contributed by atoms with Crippen LogP contribution in [0.25, 0.3) is 10.9 Å². The Hall–Kier alpha value is -3.90. The van der Waals surface area contributed by atoms with Crippen molar-refractivity contribution in [1.82, 2.24) is 4.98 Å². The van der Waals surface area contributed by atoms with Crippen LogP contribution in [0.1, 0.15) is 71.2 Å². The molecule has 2 N–H and O–H groups in total. The maximum atomic E-state index is 14.2. The van der Waals surface area contributed by atoms with E-state index in [9.17, 15) is 19.2 Å². The molecule has 0 saturated carbocycles. The van der Waals surface area contributed by atoms with Gasteiger partial charge in [-0.2, -0.15) is 5.26 Å². The number of anilines is 2. The van der Waals surface area contributed by atoms with Crippen LogP contribution in [-0.2, 0) is 12.8 Å². The summed E-state index contributed by atoms with van der Waals surface area (Å²) in [5.41, 5.74) is 3.44. The first-order valence-corrected chi connectivity index (χ1v) is 14.6. The third kappa shape index (κ3) is 5.82. The summed E-state index contributed by atoms with van der Waals surface area (Å²) in [5.74, 6) is 0.707. The summed E-state index contributed by atoms with van der Waals surface area (Å²) in [6.07, 6.45) is 10.8. The van der Waals surface area contributed by atoms with Crippen LogP contribution < -0.4 is 15.6 Å². The average Bonchev–Trinajstić information content (AvgIpc) is 3.40. The molecule has 0 spiro atoms. The maximum absolute atomic E-state index is 14.2. The molecule has 3 aromatic heterocycles. The standard InChI is InChI=1S/C16H16N2O2S.C15H17FN2O/c1-9-3-4-12-13(8-17)16(21-14(12)7-9)18-15(19)11-5-6-20-10(11)2;16-12-9-11-13(17-6-5-15(11)19)10-14(12)18-7-3-1-2-4-8-18/h5-6,9H,3-4,7H2,1-2H3,(H,18,19);5-6,9-10H,1-4,7-8H2,(H,17,19). The molecule has 1 amide bonds. The molecule has 2 aliphatic rings. The van der Waals surface area contributed by atoms with E-state index >= 15 is 0 Å². The van der Waals surface area contributed by atoms with Crippen molar-refractivity contribution >= 4 is 38.8 Å². The van der Waals surface area contributed by atoms with Gasteiger partial charge in [0.05, 0.1) is 28.6 Å². The predicted molar refractivity (Wildman–Crippen MR) is 157 cm³/mol. The fourth-order valence-electron chi connectivity index (χ4n) is 5.48. The van der Waals surface area contributed by atoms with E-state index in [0.717, 1.165) is 50.8 Å². The number of nitrogens with one attached hydrogen (secondary N) is 2. The summed E-state index contributed by atoms with van der Waals surface area (Å²) in [7, 11) is 0. The monoisotopic (exact) mass is 560 g/mol. The molecule has 4 aromatic rings. The summed E-state index contributed by atoms with van der Waals surface area (Å²) in [5, 5.41) is 13.4. The molecule has 208 valence electrons. The van der Waals surface area contributed by atoms with Crippen molar-refractivity contribution in [1.29, 1.82) is 5.26 Å². The second kappa shape index (κ2) is 12.1. The highest BCUT2D eigenvalue weighted by Crippen LogP contribution is 2.39. The molecule has 6 rings (SSSR count). The van der Waals surface area contributed by atoms with E-state index in [-0.39, 0.29) is 17.2 Å². The number of pyridine rings is 1. The minimum absolute atomic E-state index is 0.143. The summed E-state index contributed by atoms with van der Waals surface area (Å²) in [6.45, 7) is 5.75. The first-order chi connectivity index (χ1) is 19.4. The lowest BCUT2D eigenvalue weighted by atomic mass is 9.88. The van der Waals surface area contributed by atoms with Gasteiger partial charge in [0.1, 0.15) is 22.6 Å². The maximum Gasteiger partial charge on any atom is 0.259 e. The van der Waals surface area contributed by atoms with Crippen molar-refractivity contribution in [2.24, 2.45) is 5.92 Å². The zero-order chi connectivity index (χ0) is 28.2. The smallest absolute Gasteiger partial charge is 0.259 e. The van der Waals surface area contributed by atoms with Crippen molar-refractivity contribution in [2.75, 3.05) is 23.3 Å². The van der Waals surface area contributed by atoms with Crippen molar-refractivity contribution in [3.8, 4) is 6.07 Å². The van der Waals surface area contributed by atoms with Crippen molar-refractivity contribution in [3.05, 3.63) is 80.1 Å². The van der Waals surface area contributed by atoms with Crippen LogP contribution in [0.2, 0.25) is 0 Å². The van der Waals surface area contributed by atoms with E-state index in [0.29, 0.717) is 44.4 Å².